The van der Waals surface area contributed by atoms with Crippen molar-refractivity contribution in [2.24, 2.45) is 4.99 Å². The Kier molecular flexibility index (Phi) is 6.74. The summed E-state index contributed by atoms with van der Waals surface area (Å²) in [6.07, 6.45) is 1.42. The number of aromatic nitrogens is 1. The van der Waals surface area contributed by atoms with E-state index in [0.717, 1.165) is 39.5 Å². The van der Waals surface area contributed by atoms with Gasteiger partial charge in [0.15, 0.2) is 4.80 Å². The molecule has 0 atom stereocenters. The number of rotatable bonds is 7. The number of carbonyl (C=O) groups is 1. The minimum Gasteiger partial charge on any atom is -0.497 e. The fourth-order valence-electron chi connectivity index (χ4n) is 2.76. The third-order valence-electron chi connectivity index (χ3n) is 4.16. The number of amides is 1. The van der Waals surface area contributed by atoms with Crippen LogP contribution in [0.4, 0.5) is 0 Å². The molecule has 0 bridgehead atoms. The second-order valence-electron chi connectivity index (χ2n) is 6.29. The number of ether oxygens (including phenoxy) is 1. The lowest BCUT2D eigenvalue weighted by molar-refractivity contribution is -0.117. The molecule has 0 aliphatic heterocycles. The second kappa shape index (κ2) is 9.24. The average molecular weight is 401 g/mol. The smallest absolute Gasteiger partial charge is 0.249 e. The molecule has 0 saturated heterocycles. The molecule has 1 heterocycles. The number of benzene rings is 2. The van der Waals surface area contributed by atoms with E-state index in [9.17, 15) is 4.79 Å². The third kappa shape index (κ3) is 5.02. The van der Waals surface area contributed by atoms with Crippen LogP contribution in [-0.2, 0) is 11.3 Å². The molecule has 2 aromatic carbocycles. The molecule has 27 heavy (non-hydrogen) atoms. The summed E-state index contributed by atoms with van der Waals surface area (Å²) in [5.74, 6) is 1.48. The van der Waals surface area contributed by atoms with Crippen molar-refractivity contribution in [1.82, 2.24) is 4.57 Å². The van der Waals surface area contributed by atoms with Crippen LogP contribution in [0.1, 0.15) is 25.3 Å². The first-order chi connectivity index (χ1) is 13.1. The van der Waals surface area contributed by atoms with Crippen LogP contribution in [0.15, 0.2) is 52.4 Å². The number of methoxy groups -OCH3 is 1. The number of carbonyl (C=O) groups excluding carboxylic acids is 1. The van der Waals surface area contributed by atoms with Crippen LogP contribution in [0.5, 0.6) is 5.75 Å². The van der Waals surface area contributed by atoms with E-state index in [-0.39, 0.29) is 5.91 Å². The molecule has 1 amide bonds. The Morgan fingerprint density at radius 3 is 2.70 bits per heavy atom. The molecule has 0 aliphatic carbocycles. The Hall–Kier alpha value is -2.05. The summed E-state index contributed by atoms with van der Waals surface area (Å²) in [5, 5.41) is 0. The molecule has 1 aromatic heterocycles. The summed E-state index contributed by atoms with van der Waals surface area (Å²) in [4.78, 5) is 18.8. The molecular weight excluding hydrogens is 376 g/mol. The number of thioether (sulfide) groups is 1. The molecule has 142 valence electrons. The van der Waals surface area contributed by atoms with Crippen LogP contribution in [0.2, 0.25) is 0 Å². The topological polar surface area (TPSA) is 43.6 Å². The van der Waals surface area contributed by atoms with Crippen molar-refractivity contribution in [3.05, 3.63) is 52.8 Å². The predicted octanol–water partition coefficient (Wildman–Crippen LogP) is 5.04. The summed E-state index contributed by atoms with van der Waals surface area (Å²) in [7, 11) is 1.66. The van der Waals surface area contributed by atoms with E-state index in [2.05, 4.69) is 47.7 Å². The van der Waals surface area contributed by atoms with Crippen molar-refractivity contribution in [2.75, 3.05) is 12.9 Å². The van der Waals surface area contributed by atoms with Gasteiger partial charge in [-0.2, -0.15) is 4.99 Å². The maximum absolute atomic E-state index is 12.4. The van der Waals surface area contributed by atoms with Crippen LogP contribution in [-0.4, -0.2) is 23.3 Å². The first-order valence-corrected chi connectivity index (χ1v) is 10.9. The van der Waals surface area contributed by atoms with Gasteiger partial charge in [0.25, 0.3) is 0 Å². The monoisotopic (exact) mass is 400 g/mol. The number of nitrogens with zero attached hydrogens (tertiary/aromatic N) is 2. The highest BCUT2D eigenvalue weighted by atomic mass is 32.2. The average Bonchev–Trinajstić information content (AvgIpc) is 3.00. The first kappa shape index (κ1) is 19.7. The van der Waals surface area contributed by atoms with Crippen molar-refractivity contribution >= 4 is 39.2 Å². The van der Waals surface area contributed by atoms with Gasteiger partial charge < -0.3 is 9.30 Å². The highest BCUT2D eigenvalue weighted by molar-refractivity contribution is 7.99. The molecule has 3 aromatic rings. The van der Waals surface area contributed by atoms with Gasteiger partial charge in [0.2, 0.25) is 5.91 Å². The normalized spacial score (nSPS) is 11.9. The summed E-state index contributed by atoms with van der Waals surface area (Å²) in [6.45, 7) is 5.05. The zero-order chi connectivity index (χ0) is 19.2. The van der Waals surface area contributed by atoms with E-state index in [4.69, 9.17) is 4.74 Å². The molecule has 0 unspecified atom stereocenters. The van der Waals surface area contributed by atoms with Crippen LogP contribution >= 0.6 is 23.1 Å². The van der Waals surface area contributed by atoms with E-state index < -0.39 is 0 Å². The molecule has 0 N–H and O–H groups in total. The van der Waals surface area contributed by atoms with E-state index >= 15 is 0 Å². The van der Waals surface area contributed by atoms with E-state index in [1.165, 1.54) is 10.5 Å². The molecule has 0 fully saturated rings. The van der Waals surface area contributed by atoms with Gasteiger partial charge in [0, 0.05) is 23.6 Å². The van der Waals surface area contributed by atoms with Gasteiger partial charge in [-0.05, 0) is 43.7 Å². The minimum atomic E-state index is -0.0713. The predicted molar refractivity (Wildman–Crippen MR) is 114 cm³/mol. The molecular formula is C21H24N2O2S2. The third-order valence-corrected chi connectivity index (χ3v) is 6.22. The highest BCUT2D eigenvalue weighted by Gasteiger charge is 2.09. The lowest BCUT2D eigenvalue weighted by atomic mass is 10.2. The number of hydrogen-bond donors (Lipinski definition) is 0. The molecule has 0 saturated carbocycles. The first-order valence-electron chi connectivity index (χ1n) is 9.05. The summed E-state index contributed by atoms with van der Waals surface area (Å²) < 4.78 is 8.53. The van der Waals surface area contributed by atoms with Crippen molar-refractivity contribution < 1.29 is 9.53 Å². The van der Waals surface area contributed by atoms with Crippen molar-refractivity contribution in [3.63, 3.8) is 0 Å². The number of hydrogen-bond acceptors (Lipinski definition) is 4. The summed E-state index contributed by atoms with van der Waals surface area (Å²) in [6, 6.07) is 14.4. The van der Waals surface area contributed by atoms with Crippen molar-refractivity contribution in [2.45, 2.75) is 38.1 Å². The SMILES string of the molecule is CCCn1c(=NC(=O)CCSc2ccc(C)cc2)sc2cc(OC)ccc21. The molecule has 4 nitrogen and oxygen atoms in total. The maximum Gasteiger partial charge on any atom is 0.249 e. The van der Waals surface area contributed by atoms with Crippen molar-refractivity contribution in [1.29, 1.82) is 0 Å². The van der Waals surface area contributed by atoms with Gasteiger partial charge in [0.1, 0.15) is 5.75 Å². The van der Waals surface area contributed by atoms with Gasteiger partial charge in [-0.15, -0.1) is 11.8 Å². The molecule has 3 rings (SSSR count). The Balaban J connectivity index is 1.76. The van der Waals surface area contributed by atoms with Crippen LogP contribution in [0.25, 0.3) is 10.2 Å². The molecule has 0 radical (unpaired) electrons. The largest absolute Gasteiger partial charge is 0.497 e. The molecule has 6 heteroatoms. The minimum absolute atomic E-state index is 0.0713. The van der Waals surface area contributed by atoms with Crippen LogP contribution in [0, 0.1) is 6.92 Å². The van der Waals surface area contributed by atoms with E-state index in [1.807, 2.05) is 18.2 Å². The fraction of sp³-hybridized carbons (Fsp3) is 0.333. The second-order valence-corrected chi connectivity index (χ2v) is 8.46. The van der Waals surface area contributed by atoms with E-state index in [0.29, 0.717) is 6.42 Å². The Bertz CT molecular complexity index is 988. The Morgan fingerprint density at radius 1 is 1.22 bits per heavy atom. The Labute approximate surface area is 167 Å². The van der Waals surface area contributed by atoms with Gasteiger partial charge in [-0.1, -0.05) is 36.0 Å². The van der Waals surface area contributed by atoms with Gasteiger partial charge >= 0.3 is 0 Å². The maximum atomic E-state index is 12.4. The Morgan fingerprint density at radius 2 is 2.00 bits per heavy atom. The van der Waals surface area contributed by atoms with Crippen molar-refractivity contribution in [3.8, 4) is 5.75 Å². The van der Waals surface area contributed by atoms with E-state index in [1.54, 1.807) is 30.2 Å². The van der Waals surface area contributed by atoms with Gasteiger partial charge in [0.05, 0.1) is 17.3 Å². The molecule has 0 spiro atoms. The zero-order valence-electron chi connectivity index (χ0n) is 15.9. The molecule has 0 aliphatic rings. The fourth-order valence-corrected chi connectivity index (χ4v) is 4.70. The van der Waals surface area contributed by atoms with Gasteiger partial charge in [-0.25, -0.2) is 0 Å². The standard InChI is InChI=1S/C21H24N2O2S2/c1-4-12-23-18-10-7-16(25-3)14-19(18)27-21(23)22-20(24)11-13-26-17-8-5-15(2)6-9-17/h5-10,14H,4,11-13H2,1-3H3. The number of fused-ring (bicyclic) bond motifs is 1. The lowest BCUT2D eigenvalue weighted by Gasteiger charge is -2.04. The highest BCUT2D eigenvalue weighted by Crippen LogP contribution is 2.23. The zero-order valence-corrected chi connectivity index (χ0v) is 17.5. The quantitative estimate of drug-likeness (QED) is 0.522. The van der Waals surface area contributed by atoms with Crippen LogP contribution < -0.4 is 9.54 Å². The summed E-state index contributed by atoms with van der Waals surface area (Å²) in [5.41, 5.74) is 2.34. The lowest BCUT2D eigenvalue weighted by Crippen LogP contribution is -2.16. The number of aryl methyl sites for hydroxylation is 2. The number of thiazole rings is 1. The summed E-state index contributed by atoms with van der Waals surface area (Å²) >= 11 is 3.23. The van der Waals surface area contributed by atoms with Gasteiger partial charge in [-0.3, -0.25) is 4.79 Å². The van der Waals surface area contributed by atoms with Crippen LogP contribution in [0.3, 0.4) is 0 Å².